The third-order valence-corrected chi connectivity index (χ3v) is 4.80. The van der Waals surface area contributed by atoms with Crippen molar-refractivity contribution in [1.29, 1.82) is 0 Å². The largest absolute Gasteiger partial charge is 0.489 e. The van der Waals surface area contributed by atoms with Gasteiger partial charge in [-0.1, -0.05) is 23.7 Å². The number of rotatable bonds is 9. The van der Waals surface area contributed by atoms with Gasteiger partial charge in [0.1, 0.15) is 18.1 Å². The third kappa shape index (κ3) is 9.47. The Morgan fingerprint density at radius 3 is 2.00 bits per heavy atom. The number of benzene rings is 3. The van der Waals surface area contributed by atoms with Gasteiger partial charge in [0.2, 0.25) is 0 Å². The van der Waals surface area contributed by atoms with Gasteiger partial charge in [-0.3, -0.25) is 10.1 Å². The Balaban J connectivity index is 0.000000281. The quantitative estimate of drug-likeness (QED) is 0.206. The number of carboxylic acids is 2. The van der Waals surface area contributed by atoms with Gasteiger partial charge in [0, 0.05) is 23.2 Å². The molecule has 0 unspecified atom stereocenters. The van der Waals surface area contributed by atoms with E-state index in [9.17, 15) is 19.7 Å². The first kappa shape index (κ1) is 27.9. The number of hydrogen-bond donors (Lipinski definition) is 2. The maximum absolute atomic E-state index is 10.7. The van der Waals surface area contributed by atoms with E-state index in [1.807, 2.05) is 0 Å². The van der Waals surface area contributed by atoms with Gasteiger partial charge in [-0.2, -0.15) is 0 Å². The predicted molar refractivity (Wildman–Crippen MR) is 134 cm³/mol. The van der Waals surface area contributed by atoms with Crippen LogP contribution >= 0.6 is 11.6 Å². The maximum atomic E-state index is 10.7. The van der Waals surface area contributed by atoms with Crippen molar-refractivity contribution in [2.45, 2.75) is 26.1 Å². The standard InChI is InChI=1S/C16H13NO5.C10H11ClO3/c18-16(19)10-5-12-3-8-15(9-4-12)22-11-13-1-6-14(7-2-13)17(20)21;1-10(2,9(12)13)14-8-5-3-7(11)4-6-8/h1-10H,11H2,(H,18,19);3-6H,1-2H3,(H,12,13)/b10-5+;. The number of ether oxygens (including phenoxy) is 2. The van der Waals surface area contributed by atoms with Crippen LogP contribution in [-0.4, -0.2) is 32.7 Å². The molecule has 0 radical (unpaired) electrons. The summed E-state index contributed by atoms with van der Waals surface area (Å²) in [5.41, 5.74) is 0.386. The average molecular weight is 514 g/mol. The molecule has 0 saturated carbocycles. The normalized spacial score (nSPS) is 10.8. The zero-order valence-corrected chi connectivity index (χ0v) is 20.2. The summed E-state index contributed by atoms with van der Waals surface area (Å²) in [6.07, 6.45) is 2.55. The Bertz CT molecular complexity index is 1200. The van der Waals surface area contributed by atoms with Gasteiger partial charge in [0.25, 0.3) is 5.69 Å². The Labute approximate surface area is 212 Å². The van der Waals surface area contributed by atoms with Crippen molar-refractivity contribution in [2.24, 2.45) is 0 Å². The first-order valence-corrected chi connectivity index (χ1v) is 10.9. The van der Waals surface area contributed by atoms with Crippen LogP contribution in [0.2, 0.25) is 5.02 Å². The van der Waals surface area contributed by atoms with Crippen molar-refractivity contribution < 1.29 is 34.2 Å². The Morgan fingerprint density at radius 1 is 0.944 bits per heavy atom. The molecule has 0 atom stereocenters. The minimum Gasteiger partial charge on any atom is -0.489 e. The summed E-state index contributed by atoms with van der Waals surface area (Å²) in [7, 11) is 0. The highest BCUT2D eigenvalue weighted by Gasteiger charge is 2.29. The van der Waals surface area contributed by atoms with Crippen molar-refractivity contribution in [1.82, 2.24) is 0 Å². The number of halogens is 1. The molecule has 36 heavy (non-hydrogen) atoms. The van der Waals surface area contributed by atoms with Crippen LogP contribution in [0.15, 0.2) is 78.9 Å². The van der Waals surface area contributed by atoms with Gasteiger partial charge in [-0.15, -0.1) is 0 Å². The van der Waals surface area contributed by atoms with Crippen molar-refractivity contribution in [3.05, 3.63) is 105 Å². The lowest BCUT2D eigenvalue weighted by molar-refractivity contribution is -0.384. The van der Waals surface area contributed by atoms with E-state index >= 15 is 0 Å². The third-order valence-electron chi connectivity index (χ3n) is 4.55. The van der Waals surface area contributed by atoms with E-state index < -0.39 is 22.5 Å². The number of nitro benzene ring substituents is 1. The summed E-state index contributed by atoms with van der Waals surface area (Å²) in [5, 5.41) is 28.5. The summed E-state index contributed by atoms with van der Waals surface area (Å²) in [6.45, 7) is 3.27. The van der Waals surface area contributed by atoms with E-state index in [0.29, 0.717) is 23.1 Å². The van der Waals surface area contributed by atoms with Crippen LogP contribution in [0.3, 0.4) is 0 Å². The lowest BCUT2D eigenvalue weighted by atomic mass is 10.1. The Hall–Kier alpha value is -4.37. The van der Waals surface area contributed by atoms with Crippen LogP contribution in [0.1, 0.15) is 25.0 Å². The van der Waals surface area contributed by atoms with E-state index in [0.717, 1.165) is 17.2 Å². The molecule has 3 aromatic carbocycles. The van der Waals surface area contributed by atoms with Crippen molar-refractivity contribution >= 4 is 35.3 Å². The number of nitrogens with zero attached hydrogens (tertiary/aromatic N) is 1. The fourth-order valence-electron chi connectivity index (χ4n) is 2.56. The van der Waals surface area contributed by atoms with Gasteiger partial charge in [-0.05, 0) is 79.6 Å². The highest BCUT2D eigenvalue weighted by atomic mass is 35.5. The van der Waals surface area contributed by atoms with Crippen molar-refractivity contribution in [3.63, 3.8) is 0 Å². The van der Waals surface area contributed by atoms with Crippen molar-refractivity contribution in [3.8, 4) is 11.5 Å². The molecule has 0 spiro atoms. The highest BCUT2D eigenvalue weighted by molar-refractivity contribution is 6.30. The molecule has 0 aromatic heterocycles. The van der Waals surface area contributed by atoms with Gasteiger partial charge >= 0.3 is 11.9 Å². The minimum atomic E-state index is -1.23. The lowest BCUT2D eigenvalue weighted by Crippen LogP contribution is -2.37. The van der Waals surface area contributed by atoms with E-state index in [2.05, 4.69) is 0 Å². The second-order valence-electron chi connectivity index (χ2n) is 7.82. The summed E-state index contributed by atoms with van der Waals surface area (Å²) in [5.74, 6) is -0.890. The zero-order chi connectivity index (χ0) is 26.7. The SMILES string of the molecule is CC(C)(Oc1ccc(Cl)cc1)C(=O)O.O=C(O)/C=C/c1ccc(OCc2ccc([N+](=O)[O-])cc2)cc1. The van der Waals surface area contributed by atoms with Crippen LogP contribution < -0.4 is 9.47 Å². The molecule has 3 aromatic rings. The Morgan fingerprint density at radius 2 is 1.50 bits per heavy atom. The fraction of sp³-hybridized carbons (Fsp3) is 0.154. The molecule has 0 heterocycles. The number of aliphatic carboxylic acids is 2. The molecule has 0 aliphatic rings. The first-order chi connectivity index (χ1) is 17.0. The van der Waals surface area contributed by atoms with E-state index in [1.54, 1.807) is 60.7 Å². The second-order valence-corrected chi connectivity index (χ2v) is 8.26. The topological polar surface area (TPSA) is 136 Å². The number of hydrogen-bond acceptors (Lipinski definition) is 6. The second kappa shape index (κ2) is 12.9. The molecule has 10 heteroatoms. The van der Waals surface area contributed by atoms with Crippen molar-refractivity contribution in [2.75, 3.05) is 0 Å². The molecule has 0 aliphatic heterocycles. The average Bonchev–Trinajstić information content (AvgIpc) is 2.84. The molecule has 0 fully saturated rings. The summed E-state index contributed by atoms with van der Waals surface area (Å²) in [6, 6.07) is 19.6. The molecule has 0 aliphatic carbocycles. The molecule has 0 amide bonds. The summed E-state index contributed by atoms with van der Waals surface area (Å²) >= 11 is 5.67. The van der Waals surface area contributed by atoms with E-state index in [-0.39, 0.29) is 5.69 Å². The number of carboxylic acid groups (broad SMARTS) is 2. The molecule has 188 valence electrons. The predicted octanol–water partition coefficient (Wildman–Crippen LogP) is 5.85. The number of nitro groups is 1. The monoisotopic (exact) mass is 513 g/mol. The van der Waals surface area contributed by atoms with Gasteiger partial charge in [-0.25, -0.2) is 9.59 Å². The maximum Gasteiger partial charge on any atom is 0.347 e. The van der Waals surface area contributed by atoms with Crippen LogP contribution in [0.5, 0.6) is 11.5 Å². The van der Waals surface area contributed by atoms with E-state index in [1.165, 1.54) is 32.1 Å². The van der Waals surface area contributed by atoms with Crippen LogP contribution in [0, 0.1) is 10.1 Å². The molecule has 0 saturated heterocycles. The summed E-state index contributed by atoms with van der Waals surface area (Å²) in [4.78, 5) is 31.3. The lowest BCUT2D eigenvalue weighted by Gasteiger charge is -2.21. The Kier molecular flexibility index (Phi) is 10.00. The molecule has 3 rings (SSSR count). The molecular weight excluding hydrogens is 490 g/mol. The van der Waals surface area contributed by atoms with Crippen LogP contribution in [0.25, 0.3) is 6.08 Å². The smallest absolute Gasteiger partial charge is 0.347 e. The van der Waals surface area contributed by atoms with Gasteiger partial charge < -0.3 is 19.7 Å². The zero-order valence-electron chi connectivity index (χ0n) is 19.5. The molecule has 9 nitrogen and oxygen atoms in total. The first-order valence-electron chi connectivity index (χ1n) is 10.5. The number of non-ortho nitro benzene ring substituents is 1. The van der Waals surface area contributed by atoms with Gasteiger partial charge in [0.05, 0.1) is 4.92 Å². The van der Waals surface area contributed by atoms with Crippen LogP contribution in [0.4, 0.5) is 5.69 Å². The van der Waals surface area contributed by atoms with E-state index in [4.69, 9.17) is 31.3 Å². The molecular formula is C26H24ClNO8. The molecule has 0 bridgehead atoms. The molecule has 2 N–H and O–H groups in total. The summed E-state index contributed by atoms with van der Waals surface area (Å²) < 4.78 is 10.8. The number of carbonyl (C=O) groups is 2. The minimum absolute atomic E-state index is 0.0401. The van der Waals surface area contributed by atoms with Crippen LogP contribution in [-0.2, 0) is 16.2 Å². The fourth-order valence-corrected chi connectivity index (χ4v) is 2.69. The van der Waals surface area contributed by atoms with Gasteiger partial charge in [0.15, 0.2) is 5.60 Å². The highest BCUT2D eigenvalue weighted by Crippen LogP contribution is 2.21.